The predicted octanol–water partition coefficient (Wildman–Crippen LogP) is 3.61. The van der Waals surface area contributed by atoms with E-state index in [1.807, 2.05) is 51.1 Å². The van der Waals surface area contributed by atoms with Crippen LogP contribution >= 0.6 is 0 Å². The number of ether oxygens (including phenoxy) is 2. The lowest BCUT2D eigenvalue weighted by Crippen LogP contribution is -2.38. The highest BCUT2D eigenvalue weighted by molar-refractivity contribution is 5.92. The van der Waals surface area contributed by atoms with Crippen LogP contribution in [0, 0.1) is 0 Å². The third kappa shape index (κ3) is 6.55. The normalized spacial score (nSPS) is 19.0. The van der Waals surface area contributed by atoms with Gasteiger partial charge in [0.05, 0.1) is 6.04 Å². The quantitative estimate of drug-likeness (QED) is 0.771. The molecular weight excluding hydrogens is 360 g/mol. The molecule has 0 aliphatic carbocycles. The van der Waals surface area contributed by atoms with Crippen molar-refractivity contribution < 1.29 is 23.9 Å². The zero-order valence-electron chi connectivity index (χ0n) is 17.1. The van der Waals surface area contributed by atoms with Crippen molar-refractivity contribution in [2.75, 3.05) is 19.7 Å². The van der Waals surface area contributed by atoms with E-state index >= 15 is 0 Å². The minimum Gasteiger partial charge on any atom is -0.447 e. The van der Waals surface area contributed by atoms with Gasteiger partial charge in [-0.2, -0.15) is 0 Å². The van der Waals surface area contributed by atoms with Crippen LogP contribution in [0.3, 0.4) is 0 Å². The van der Waals surface area contributed by atoms with Crippen molar-refractivity contribution >= 4 is 18.1 Å². The minimum absolute atomic E-state index is 0.167. The van der Waals surface area contributed by atoms with E-state index in [-0.39, 0.29) is 30.3 Å². The SMILES string of the molecule is CC(=O)N1C(=O)OCC1Cc1ccccc1.CC(C)(C)OC(=O)N1CCCC1. The van der Waals surface area contributed by atoms with E-state index in [9.17, 15) is 14.4 Å². The molecule has 7 nitrogen and oxygen atoms in total. The molecule has 1 unspecified atom stereocenters. The summed E-state index contributed by atoms with van der Waals surface area (Å²) in [5.74, 6) is -0.261. The molecule has 0 saturated carbocycles. The van der Waals surface area contributed by atoms with Crippen molar-refractivity contribution in [3.63, 3.8) is 0 Å². The number of imide groups is 1. The van der Waals surface area contributed by atoms with Crippen molar-refractivity contribution in [3.05, 3.63) is 35.9 Å². The molecule has 2 saturated heterocycles. The average molecular weight is 390 g/mol. The molecule has 2 fully saturated rings. The predicted molar refractivity (Wildman–Crippen MR) is 105 cm³/mol. The molecule has 2 aliphatic rings. The Bertz CT molecular complexity index is 678. The molecule has 2 aliphatic heterocycles. The largest absolute Gasteiger partial charge is 0.447 e. The number of benzene rings is 1. The summed E-state index contributed by atoms with van der Waals surface area (Å²) in [7, 11) is 0. The lowest BCUT2D eigenvalue weighted by atomic mass is 10.1. The molecule has 154 valence electrons. The summed E-state index contributed by atoms with van der Waals surface area (Å²) in [5.41, 5.74) is 0.733. The van der Waals surface area contributed by atoms with Crippen LogP contribution in [0.4, 0.5) is 9.59 Å². The zero-order chi connectivity index (χ0) is 20.7. The number of likely N-dealkylation sites (tertiary alicyclic amines) is 1. The molecular formula is C21H30N2O5. The number of nitrogens with zero attached hydrogens (tertiary/aromatic N) is 2. The molecule has 1 atom stereocenters. The second-order valence-corrected chi connectivity index (χ2v) is 7.98. The summed E-state index contributed by atoms with van der Waals surface area (Å²) < 4.78 is 10.1. The van der Waals surface area contributed by atoms with Gasteiger partial charge < -0.3 is 14.4 Å². The van der Waals surface area contributed by atoms with Crippen LogP contribution in [-0.2, 0) is 20.7 Å². The third-order valence-electron chi connectivity index (χ3n) is 4.37. The monoisotopic (exact) mass is 390 g/mol. The number of rotatable bonds is 2. The first-order chi connectivity index (χ1) is 13.2. The van der Waals surface area contributed by atoms with Crippen LogP contribution in [0.2, 0.25) is 0 Å². The Kier molecular flexibility index (Phi) is 7.43. The topological polar surface area (TPSA) is 76.1 Å². The second kappa shape index (κ2) is 9.57. The van der Waals surface area contributed by atoms with Gasteiger partial charge in [0.15, 0.2) is 0 Å². The van der Waals surface area contributed by atoms with E-state index in [1.54, 1.807) is 4.90 Å². The second-order valence-electron chi connectivity index (χ2n) is 7.98. The van der Waals surface area contributed by atoms with E-state index in [4.69, 9.17) is 9.47 Å². The molecule has 3 rings (SSSR count). The number of hydrogen-bond donors (Lipinski definition) is 0. The Balaban J connectivity index is 0.000000209. The standard InChI is InChI=1S/C12H13NO3.C9H17NO2/c1-9(14)13-11(8-16-12(13)15)7-10-5-3-2-4-6-10;1-9(2,3)12-8(11)10-6-4-5-7-10/h2-6,11H,7-8H2,1H3;4-7H2,1-3H3. The number of amides is 3. The van der Waals surface area contributed by atoms with Gasteiger partial charge in [-0.1, -0.05) is 30.3 Å². The Morgan fingerprint density at radius 1 is 1.14 bits per heavy atom. The first kappa shape index (κ1) is 21.7. The molecule has 0 radical (unpaired) electrons. The first-order valence-corrected chi connectivity index (χ1v) is 9.66. The van der Waals surface area contributed by atoms with E-state index in [0.29, 0.717) is 6.42 Å². The van der Waals surface area contributed by atoms with Gasteiger partial charge in [0.2, 0.25) is 5.91 Å². The van der Waals surface area contributed by atoms with E-state index in [2.05, 4.69) is 0 Å². The third-order valence-corrected chi connectivity index (χ3v) is 4.37. The number of cyclic esters (lactones) is 1. The molecule has 2 heterocycles. The Labute approximate surface area is 166 Å². The van der Waals surface area contributed by atoms with Crippen molar-refractivity contribution in [3.8, 4) is 0 Å². The maximum absolute atomic E-state index is 11.4. The fourth-order valence-electron chi connectivity index (χ4n) is 3.11. The smallest absolute Gasteiger partial charge is 0.416 e. The molecule has 0 bridgehead atoms. The van der Waals surface area contributed by atoms with E-state index in [0.717, 1.165) is 31.5 Å². The minimum atomic E-state index is -0.534. The number of carbonyl (C=O) groups excluding carboxylic acids is 3. The maximum Gasteiger partial charge on any atom is 0.416 e. The highest BCUT2D eigenvalue weighted by Gasteiger charge is 2.35. The van der Waals surface area contributed by atoms with Crippen LogP contribution in [0.15, 0.2) is 30.3 Å². The molecule has 3 amide bonds. The summed E-state index contributed by atoms with van der Waals surface area (Å²) in [4.78, 5) is 36.9. The van der Waals surface area contributed by atoms with Crippen molar-refractivity contribution in [2.45, 2.75) is 58.6 Å². The highest BCUT2D eigenvalue weighted by Crippen LogP contribution is 2.17. The highest BCUT2D eigenvalue weighted by atomic mass is 16.6. The number of carbonyl (C=O) groups is 3. The summed E-state index contributed by atoms with van der Waals surface area (Å²) in [6.07, 6.45) is 2.17. The van der Waals surface area contributed by atoms with Gasteiger partial charge in [-0.25, -0.2) is 14.5 Å². The van der Waals surface area contributed by atoms with Crippen molar-refractivity contribution in [1.29, 1.82) is 0 Å². The van der Waals surface area contributed by atoms with Gasteiger partial charge in [-0.05, 0) is 45.6 Å². The molecule has 0 aromatic heterocycles. The average Bonchev–Trinajstić information content (AvgIpc) is 3.25. The lowest BCUT2D eigenvalue weighted by Gasteiger charge is -2.23. The summed E-state index contributed by atoms with van der Waals surface area (Å²) in [6.45, 7) is 9.05. The molecule has 1 aromatic rings. The van der Waals surface area contributed by atoms with E-state index < -0.39 is 6.09 Å². The Hall–Kier alpha value is -2.57. The summed E-state index contributed by atoms with van der Waals surface area (Å²) in [5, 5.41) is 0. The molecule has 1 aromatic carbocycles. The summed E-state index contributed by atoms with van der Waals surface area (Å²) >= 11 is 0. The first-order valence-electron chi connectivity index (χ1n) is 9.66. The van der Waals surface area contributed by atoms with Crippen LogP contribution in [0.1, 0.15) is 46.1 Å². The van der Waals surface area contributed by atoms with Crippen molar-refractivity contribution in [1.82, 2.24) is 9.80 Å². The fraction of sp³-hybridized carbons (Fsp3) is 0.571. The van der Waals surface area contributed by atoms with Gasteiger partial charge in [0, 0.05) is 20.0 Å². The number of hydrogen-bond acceptors (Lipinski definition) is 5. The van der Waals surface area contributed by atoms with Gasteiger partial charge in [-0.3, -0.25) is 4.79 Å². The fourth-order valence-corrected chi connectivity index (χ4v) is 3.11. The molecule has 0 spiro atoms. The molecule has 28 heavy (non-hydrogen) atoms. The van der Waals surface area contributed by atoms with Gasteiger partial charge in [0.25, 0.3) is 0 Å². The molecule has 7 heteroatoms. The van der Waals surface area contributed by atoms with Gasteiger partial charge >= 0.3 is 12.2 Å². The van der Waals surface area contributed by atoms with Crippen LogP contribution in [0.25, 0.3) is 0 Å². The van der Waals surface area contributed by atoms with Crippen LogP contribution in [-0.4, -0.2) is 59.2 Å². The van der Waals surface area contributed by atoms with Crippen LogP contribution < -0.4 is 0 Å². The van der Waals surface area contributed by atoms with Gasteiger partial charge in [-0.15, -0.1) is 0 Å². The maximum atomic E-state index is 11.4. The zero-order valence-corrected chi connectivity index (χ0v) is 17.1. The Morgan fingerprint density at radius 3 is 2.29 bits per heavy atom. The Morgan fingerprint density at radius 2 is 1.75 bits per heavy atom. The van der Waals surface area contributed by atoms with Crippen molar-refractivity contribution in [2.24, 2.45) is 0 Å². The molecule has 0 N–H and O–H groups in total. The summed E-state index contributed by atoms with van der Waals surface area (Å²) in [6, 6.07) is 9.58. The lowest BCUT2D eigenvalue weighted by molar-refractivity contribution is -0.126. The van der Waals surface area contributed by atoms with Crippen LogP contribution in [0.5, 0.6) is 0 Å². The van der Waals surface area contributed by atoms with E-state index in [1.165, 1.54) is 11.8 Å². The van der Waals surface area contributed by atoms with Gasteiger partial charge in [0.1, 0.15) is 12.2 Å².